The standard InChI is InChI=1S/C14H21N7S/c1-3-16-11-6-9-17-13(18-11)22-14-20-19-12(21(14)2)10-4-7-15-8-5-10/h6,9-10,15H,3-5,7-8H2,1-2H3,(H,16,17,18). The smallest absolute Gasteiger partial charge is 0.198 e. The average molecular weight is 319 g/mol. The molecule has 7 nitrogen and oxygen atoms in total. The van der Waals surface area contributed by atoms with E-state index in [1.54, 1.807) is 6.20 Å². The van der Waals surface area contributed by atoms with Gasteiger partial charge in [0.2, 0.25) is 0 Å². The van der Waals surface area contributed by atoms with E-state index in [4.69, 9.17) is 0 Å². The van der Waals surface area contributed by atoms with E-state index in [0.29, 0.717) is 11.1 Å². The monoisotopic (exact) mass is 319 g/mol. The maximum atomic E-state index is 4.47. The van der Waals surface area contributed by atoms with Gasteiger partial charge in [-0.3, -0.25) is 0 Å². The highest BCUT2D eigenvalue weighted by Gasteiger charge is 2.22. The fraction of sp³-hybridized carbons (Fsp3) is 0.571. The molecule has 2 aromatic rings. The predicted molar refractivity (Wildman–Crippen MR) is 86.2 cm³/mol. The van der Waals surface area contributed by atoms with Crippen LogP contribution < -0.4 is 10.6 Å². The van der Waals surface area contributed by atoms with Gasteiger partial charge in [-0.2, -0.15) is 0 Å². The molecule has 3 rings (SSSR count). The Labute approximate surface area is 134 Å². The summed E-state index contributed by atoms with van der Waals surface area (Å²) in [5.41, 5.74) is 0. The predicted octanol–water partition coefficient (Wildman–Crippen LogP) is 1.66. The highest BCUT2D eigenvalue weighted by molar-refractivity contribution is 7.99. The van der Waals surface area contributed by atoms with Gasteiger partial charge in [-0.15, -0.1) is 10.2 Å². The van der Waals surface area contributed by atoms with Crippen LogP contribution in [0.4, 0.5) is 5.82 Å². The highest BCUT2D eigenvalue weighted by atomic mass is 32.2. The molecule has 22 heavy (non-hydrogen) atoms. The molecule has 1 aliphatic heterocycles. The fourth-order valence-corrected chi connectivity index (χ4v) is 3.33. The van der Waals surface area contributed by atoms with Crippen molar-refractivity contribution in [1.29, 1.82) is 0 Å². The van der Waals surface area contributed by atoms with Gasteiger partial charge in [0.25, 0.3) is 0 Å². The van der Waals surface area contributed by atoms with Crippen LogP contribution in [0, 0.1) is 0 Å². The lowest BCUT2D eigenvalue weighted by molar-refractivity contribution is 0.434. The first-order chi connectivity index (χ1) is 10.8. The topological polar surface area (TPSA) is 80.5 Å². The SMILES string of the molecule is CCNc1ccnc(Sc2nnc(C3CCNCC3)n2C)n1. The Morgan fingerprint density at radius 2 is 2.18 bits per heavy atom. The lowest BCUT2D eigenvalue weighted by Gasteiger charge is -2.21. The summed E-state index contributed by atoms with van der Waals surface area (Å²) in [6.07, 6.45) is 3.99. The molecule has 0 saturated carbocycles. The van der Waals surface area contributed by atoms with Gasteiger partial charge in [0.05, 0.1) is 0 Å². The van der Waals surface area contributed by atoms with Crippen molar-refractivity contribution in [3.63, 3.8) is 0 Å². The zero-order chi connectivity index (χ0) is 15.4. The minimum atomic E-state index is 0.488. The molecule has 0 atom stereocenters. The van der Waals surface area contributed by atoms with Crippen LogP contribution in [-0.2, 0) is 7.05 Å². The van der Waals surface area contributed by atoms with E-state index in [9.17, 15) is 0 Å². The van der Waals surface area contributed by atoms with E-state index in [1.165, 1.54) is 11.8 Å². The maximum absolute atomic E-state index is 4.47. The third-order valence-electron chi connectivity index (χ3n) is 3.75. The van der Waals surface area contributed by atoms with Crippen molar-refractivity contribution in [3.8, 4) is 0 Å². The molecule has 1 aliphatic rings. The molecule has 0 aromatic carbocycles. The van der Waals surface area contributed by atoms with Crippen molar-refractivity contribution in [3.05, 3.63) is 18.1 Å². The second-order valence-corrected chi connectivity index (χ2v) is 6.22. The summed E-state index contributed by atoms with van der Waals surface area (Å²) in [7, 11) is 2.02. The molecule has 118 valence electrons. The van der Waals surface area contributed by atoms with Gasteiger partial charge in [0.1, 0.15) is 11.6 Å². The second-order valence-electron chi connectivity index (χ2n) is 5.28. The Morgan fingerprint density at radius 3 is 2.95 bits per heavy atom. The van der Waals surface area contributed by atoms with Crippen LogP contribution in [0.3, 0.4) is 0 Å². The number of piperidine rings is 1. The van der Waals surface area contributed by atoms with Crippen LogP contribution in [0.5, 0.6) is 0 Å². The van der Waals surface area contributed by atoms with Crippen LogP contribution in [0.2, 0.25) is 0 Å². The largest absolute Gasteiger partial charge is 0.370 e. The number of nitrogens with one attached hydrogen (secondary N) is 2. The molecule has 0 spiro atoms. The second kappa shape index (κ2) is 7.06. The molecule has 0 aliphatic carbocycles. The summed E-state index contributed by atoms with van der Waals surface area (Å²) in [5, 5.41) is 16.8. The minimum Gasteiger partial charge on any atom is -0.370 e. The first-order valence-electron chi connectivity index (χ1n) is 7.62. The van der Waals surface area contributed by atoms with Crippen LogP contribution in [0.15, 0.2) is 22.6 Å². The van der Waals surface area contributed by atoms with Gasteiger partial charge in [-0.05, 0) is 50.7 Å². The van der Waals surface area contributed by atoms with Gasteiger partial charge in [-0.25, -0.2) is 9.97 Å². The number of aromatic nitrogens is 5. The first-order valence-corrected chi connectivity index (χ1v) is 8.44. The summed E-state index contributed by atoms with van der Waals surface area (Å²) in [4.78, 5) is 8.77. The Balaban J connectivity index is 1.75. The molecule has 2 aromatic heterocycles. The normalized spacial score (nSPS) is 15.9. The van der Waals surface area contributed by atoms with Crippen LogP contribution in [0.25, 0.3) is 0 Å². The van der Waals surface area contributed by atoms with E-state index >= 15 is 0 Å². The Hall–Kier alpha value is -1.67. The number of rotatable bonds is 5. The summed E-state index contributed by atoms with van der Waals surface area (Å²) >= 11 is 1.45. The third kappa shape index (κ3) is 3.38. The third-order valence-corrected chi connectivity index (χ3v) is 4.66. The molecular weight excluding hydrogens is 298 g/mol. The molecule has 0 unspecified atom stereocenters. The van der Waals surface area contributed by atoms with Crippen LogP contribution in [0.1, 0.15) is 31.5 Å². The zero-order valence-electron chi connectivity index (χ0n) is 12.9. The first kappa shape index (κ1) is 15.2. The lowest BCUT2D eigenvalue weighted by Crippen LogP contribution is -2.27. The average Bonchev–Trinajstić information content (AvgIpc) is 2.90. The molecule has 1 fully saturated rings. The van der Waals surface area contributed by atoms with Gasteiger partial charge in [-0.1, -0.05) is 0 Å². The molecule has 0 radical (unpaired) electrons. The zero-order valence-corrected chi connectivity index (χ0v) is 13.7. The molecule has 1 saturated heterocycles. The highest BCUT2D eigenvalue weighted by Crippen LogP contribution is 2.28. The van der Waals surface area contributed by atoms with Crippen molar-refractivity contribution in [2.75, 3.05) is 25.0 Å². The molecule has 8 heteroatoms. The van der Waals surface area contributed by atoms with Crippen molar-refractivity contribution < 1.29 is 0 Å². The van der Waals surface area contributed by atoms with E-state index in [2.05, 4.69) is 35.4 Å². The van der Waals surface area contributed by atoms with Crippen molar-refractivity contribution in [1.82, 2.24) is 30.0 Å². The van der Waals surface area contributed by atoms with Crippen molar-refractivity contribution in [2.45, 2.75) is 36.0 Å². The van der Waals surface area contributed by atoms with Gasteiger partial charge >= 0.3 is 0 Å². The summed E-state index contributed by atoms with van der Waals surface area (Å²) in [6.45, 7) is 4.98. The van der Waals surface area contributed by atoms with Gasteiger partial charge < -0.3 is 15.2 Å². The fourth-order valence-electron chi connectivity index (χ4n) is 2.60. The van der Waals surface area contributed by atoms with Crippen molar-refractivity contribution in [2.24, 2.45) is 7.05 Å². The van der Waals surface area contributed by atoms with E-state index in [1.807, 2.05) is 20.0 Å². The van der Waals surface area contributed by atoms with E-state index in [-0.39, 0.29) is 0 Å². The van der Waals surface area contributed by atoms with Gasteiger partial charge in [0, 0.05) is 25.7 Å². The molecule has 3 heterocycles. The number of hydrogen-bond acceptors (Lipinski definition) is 7. The lowest BCUT2D eigenvalue weighted by atomic mass is 9.97. The Kier molecular flexibility index (Phi) is 4.89. The summed E-state index contributed by atoms with van der Waals surface area (Å²) < 4.78 is 2.07. The van der Waals surface area contributed by atoms with Crippen molar-refractivity contribution >= 4 is 17.6 Å². The minimum absolute atomic E-state index is 0.488. The molecular formula is C14H21N7S. The molecule has 0 amide bonds. The Morgan fingerprint density at radius 1 is 1.36 bits per heavy atom. The van der Waals surface area contributed by atoms with Crippen LogP contribution >= 0.6 is 11.8 Å². The van der Waals surface area contributed by atoms with E-state index in [0.717, 1.165) is 49.3 Å². The summed E-state index contributed by atoms with van der Waals surface area (Å²) in [6, 6.07) is 1.87. The molecule has 2 N–H and O–H groups in total. The number of hydrogen-bond donors (Lipinski definition) is 2. The molecule has 0 bridgehead atoms. The number of nitrogens with zero attached hydrogens (tertiary/aromatic N) is 5. The summed E-state index contributed by atoms with van der Waals surface area (Å²) in [5.74, 6) is 2.38. The Bertz CT molecular complexity index is 621. The quantitative estimate of drug-likeness (QED) is 0.811. The van der Waals surface area contributed by atoms with Crippen LogP contribution in [-0.4, -0.2) is 44.4 Å². The van der Waals surface area contributed by atoms with E-state index < -0.39 is 0 Å². The maximum Gasteiger partial charge on any atom is 0.198 e. The number of anilines is 1. The van der Waals surface area contributed by atoms with Gasteiger partial charge in [0.15, 0.2) is 10.3 Å².